The van der Waals surface area contributed by atoms with Gasteiger partial charge in [-0.05, 0) is 79.0 Å². The molecular formula is C25H27BrN2O4S. The number of phenolic OH excluding ortho intramolecular Hbond substituents is 1. The Bertz CT molecular complexity index is 1180. The fourth-order valence-electron chi connectivity index (χ4n) is 6.97. The van der Waals surface area contributed by atoms with Crippen LogP contribution in [0, 0.1) is 0 Å². The number of hydrogen-bond donors (Lipinski definition) is 2. The van der Waals surface area contributed by atoms with Crippen molar-refractivity contribution in [3.8, 4) is 11.5 Å². The molecule has 1 aromatic heterocycles. The molecule has 3 heterocycles. The van der Waals surface area contributed by atoms with Gasteiger partial charge in [-0.2, -0.15) is 0 Å². The number of carbonyl (C=O) groups excluding carboxylic acids is 1. The van der Waals surface area contributed by atoms with Gasteiger partial charge in [-0.15, -0.1) is 11.3 Å². The Kier molecular flexibility index (Phi) is 4.80. The molecule has 6 nitrogen and oxygen atoms in total. The fourth-order valence-corrected chi connectivity index (χ4v) is 8.31. The summed E-state index contributed by atoms with van der Waals surface area (Å²) in [6.07, 6.45) is 5.78. The maximum atomic E-state index is 13.2. The molecule has 0 unspecified atom stereocenters. The maximum absolute atomic E-state index is 13.2. The highest BCUT2D eigenvalue weighted by molar-refractivity contribution is 9.10. The number of phenols is 1. The predicted molar refractivity (Wildman–Crippen MR) is 131 cm³/mol. The van der Waals surface area contributed by atoms with Crippen LogP contribution in [0.1, 0.15) is 35.3 Å². The van der Waals surface area contributed by atoms with Crippen molar-refractivity contribution in [3.05, 3.63) is 50.1 Å². The highest BCUT2D eigenvalue weighted by Gasteiger charge is 2.73. The zero-order valence-electron chi connectivity index (χ0n) is 18.6. The molecule has 33 heavy (non-hydrogen) atoms. The second kappa shape index (κ2) is 7.31. The normalized spacial score (nSPS) is 34.2. The molecule has 2 fully saturated rings. The second-order valence-electron chi connectivity index (χ2n) is 9.89. The molecule has 1 amide bonds. The van der Waals surface area contributed by atoms with Gasteiger partial charge in [0, 0.05) is 39.5 Å². The van der Waals surface area contributed by atoms with Gasteiger partial charge in [-0.3, -0.25) is 4.79 Å². The van der Waals surface area contributed by atoms with E-state index in [4.69, 9.17) is 4.74 Å². The van der Waals surface area contributed by atoms with Crippen LogP contribution in [0.4, 0.5) is 0 Å². The number of ether oxygens (including phenoxy) is 1. The minimum absolute atomic E-state index is 0.000489. The summed E-state index contributed by atoms with van der Waals surface area (Å²) in [5.74, 6) is 0.537. The number of likely N-dealkylation sites (N-methyl/N-ethyl adjacent to an activating group) is 2. The quantitative estimate of drug-likeness (QED) is 0.593. The highest BCUT2D eigenvalue weighted by atomic mass is 79.9. The topological polar surface area (TPSA) is 73.2 Å². The molecule has 2 aliphatic carbocycles. The Morgan fingerprint density at radius 2 is 2.21 bits per heavy atom. The van der Waals surface area contributed by atoms with Crippen molar-refractivity contribution in [2.75, 3.05) is 20.6 Å². The molecule has 2 aliphatic heterocycles. The number of benzene rings is 1. The third kappa shape index (κ3) is 2.81. The summed E-state index contributed by atoms with van der Waals surface area (Å²) in [6, 6.07) is 5.47. The molecule has 2 bridgehead atoms. The number of aliphatic hydroxyl groups is 1. The Morgan fingerprint density at radius 3 is 2.97 bits per heavy atom. The van der Waals surface area contributed by atoms with E-state index in [0.717, 1.165) is 39.9 Å². The van der Waals surface area contributed by atoms with Gasteiger partial charge in [-0.1, -0.05) is 6.07 Å². The van der Waals surface area contributed by atoms with Gasteiger partial charge in [0.15, 0.2) is 11.5 Å². The molecule has 1 spiro atoms. The molecule has 1 saturated carbocycles. The van der Waals surface area contributed by atoms with Crippen molar-refractivity contribution in [1.29, 1.82) is 0 Å². The first-order valence-corrected chi connectivity index (χ1v) is 13.1. The molecule has 2 N–H and O–H groups in total. The van der Waals surface area contributed by atoms with Crippen LogP contribution in [0.3, 0.4) is 0 Å². The van der Waals surface area contributed by atoms with Gasteiger partial charge in [0.1, 0.15) is 6.10 Å². The van der Waals surface area contributed by atoms with E-state index >= 15 is 0 Å². The van der Waals surface area contributed by atoms with Crippen molar-refractivity contribution in [2.24, 2.45) is 0 Å². The smallest absolute Gasteiger partial charge is 0.246 e. The zero-order valence-corrected chi connectivity index (χ0v) is 21.0. The number of thiophene rings is 1. The van der Waals surface area contributed by atoms with Gasteiger partial charge in [-0.25, -0.2) is 0 Å². The standard InChI is InChI=1S/C25H27BrN2O4S/c1-27-10-9-24-21-14-3-5-18(29)22(21)32-23(24)17(7-8-25(24,31)19(27)11-14)28(2)20(30)6-4-16-12-15(26)13-33-16/h3-6,12-13,17,19,23,29,31H,7-11H2,1-2H3/b6-4+/t17-,19-,23+,24+,25-/m1/s1. The molecule has 1 aromatic carbocycles. The van der Waals surface area contributed by atoms with Gasteiger partial charge >= 0.3 is 0 Å². The number of halogens is 1. The van der Waals surface area contributed by atoms with Crippen molar-refractivity contribution in [2.45, 2.75) is 54.9 Å². The van der Waals surface area contributed by atoms with Crippen molar-refractivity contribution >= 4 is 39.2 Å². The van der Waals surface area contributed by atoms with Crippen LogP contribution >= 0.6 is 27.3 Å². The molecule has 0 radical (unpaired) electrons. The number of carbonyl (C=O) groups is 1. The van der Waals surface area contributed by atoms with E-state index < -0.39 is 17.1 Å². The summed E-state index contributed by atoms with van der Waals surface area (Å²) in [5, 5.41) is 24.9. The molecular weight excluding hydrogens is 504 g/mol. The lowest BCUT2D eigenvalue weighted by Gasteiger charge is -2.64. The van der Waals surface area contributed by atoms with Gasteiger partial charge in [0.25, 0.3) is 0 Å². The van der Waals surface area contributed by atoms with E-state index in [1.807, 2.05) is 30.6 Å². The molecule has 1 saturated heterocycles. The first kappa shape index (κ1) is 21.6. The molecule has 174 valence electrons. The average molecular weight is 531 g/mol. The van der Waals surface area contributed by atoms with Crippen LogP contribution in [0.2, 0.25) is 0 Å². The largest absolute Gasteiger partial charge is 0.504 e. The first-order chi connectivity index (χ1) is 15.8. The summed E-state index contributed by atoms with van der Waals surface area (Å²) in [7, 11) is 3.91. The molecule has 8 heteroatoms. The van der Waals surface area contributed by atoms with Gasteiger partial charge in [0.2, 0.25) is 5.91 Å². The maximum Gasteiger partial charge on any atom is 0.246 e. The highest BCUT2D eigenvalue weighted by Crippen LogP contribution is 2.65. The third-order valence-electron chi connectivity index (χ3n) is 8.52. The molecule has 5 atom stereocenters. The van der Waals surface area contributed by atoms with E-state index in [0.29, 0.717) is 18.6 Å². The number of likely N-dealkylation sites (tertiary alicyclic amines) is 1. The van der Waals surface area contributed by atoms with E-state index in [1.165, 1.54) is 0 Å². The number of nitrogens with zero attached hydrogens (tertiary/aromatic N) is 2. The third-order valence-corrected chi connectivity index (χ3v) is 10.2. The monoisotopic (exact) mass is 530 g/mol. The Labute approximate surface area is 205 Å². The number of piperidine rings is 1. The molecule has 4 aliphatic rings. The number of rotatable bonds is 3. The van der Waals surface area contributed by atoms with Crippen LogP contribution in [0.25, 0.3) is 6.08 Å². The second-order valence-corrected chi connectivity index (χ2v) is 11.7. The average Bonchev–Trinajstić information content (AvgIpc) is 3.36. The summed E-state index contributed by atoms with van der Waals surface area (Å²) in [6.45, 7) is 0.846. The van der Waals surface area contributed by atoms with Crippen LogP contribution in [0.15, 0.2) is 34.1 Å². The number of aromatic hydroxyl groups is 1. The molecule has 2 aromatic rings. The van der Waals surface area contributed by atoms with E-state index in [-0.39, 0.29) is 23.7 Å². The van der Waals surface area contributed by atoms with Crippen molar-refractivity contribution in [1.82, 2.24) is 9.80 Å². The lowest BCUT2D eigenvalue weighted by molar-refractivity contribution is -0.195. The number of amides is 1. The molecule has 6 rings (SSSR count). The lowest BCUT2D eigenvalue weighted by atomic mass is 9.48. The summed E-state index contributed by atoms with van der Waals surface area (Å²) in [4.78, 5) is 18.2. The lowest BCUT2D eigenvalue weighted by Crippen LogP contribution is -2.77. The Hall–Kier alpha value is -1.87. The summed E-state index contributed by atoms with van der Waals surface area (Å²) in [5.41, 5.74) is 0.551. The minimum Gasteiger partial charge on any atom is -0.504 e. The summed E-state index contributed by atoms with van der Waals surface area (Å²) >= 11 is 5.02. The minimum atomic E-state index is -0.948. The SMILES string of the molecule is CN1CC[C@]23c4c5ccc(O)c4O[C@H]2[C@H](N(C)C(=O)/C=C/c2cc(Br)cs2)CC[C@@]3(O)[C@H]1C5. The van der Waals surface area contributed by atoms with E-state index in [1.54, 1.807) is 28.4 Å². The fraction of sp³-hybridized carbons (Fsp3) is 0.480. The van der Waals surface area contributed by atoms with E-state index in [9.17, 15) is 15.0 Å². The summed E-state index contributed by atoms with van der Waals surface area (Å²) < 4.78 is 7.51. The van der Waals surface area contributed by atoms with Gasteiger partial charge in [0.05, 0.1) is 17.1 Å². The van der Waals surface area contributed by atoms with Crippen LogP contribution < -0.4 is 4.74 Å². The first-order valence-electron chi connectivity index (χ1n) is 11.4. The van der Waals surface area contributed by atoms with Crippen LogP contribution in [-0.4, -0.2) is 70.3 Å². The van der Waals surface area contributed by atoms with Gasteiger partial charge < -0.3 is 24.7 Å². The van der Waals surface area contributed by atoms with Crippen LogP contribution in [0.5, 0.6) is 11.5 Å². The van der Waals surface area contributed by atoms with E-state index in [2.05, 4.69) is 27.9 Å². The predicted octanol–water partition coefficient (Wildman–Crippen LogP) is 3.54. The zero-order chi connectivity index (χ0) is 23.1. The number of hydrogen-bond acceptors (Lipinski definition) is 6. The Morgan fingerprint density at radius 1 is 1.39 bits per heavy atom. The Balaban J connectivity index is 1.39. The van der Waals surface area contributed by atoms with Crippen LogP contribution in [-0.2, 0) is 16.6 Å². The van der Waals surface area contributed by atoms with Crippen molar-refractivity contribution < 1.29 is 19.7 Å². The van der Waals surface area contributed by atoms with Crippen molar-refractivity contribution in [3.63, 3.8) is 0 Å².